The predicted molar refractivity (Wildman–Crippen MR) is 94.5 cm³/mol. The predicted octanol–water partition coefficient (Wildman–Crippen LogP) is 3.06. The lowest BCUT2D eigenvalue weighted by atomic mass is 10.1. The number of benzene rings is 1. The van der Waals surface area contributed by atoms with Crippen molar-refractivity contribution in [1.82, 2.24) is 10.2 Å². The number of aliphatic carboxylic acids is 1. The molecule has 1 aliphatic rings. The van der Waals surface area contributed by atoms with Gasteiger partial charge in [0.2, 0.25) is 11.0 Å². The minimum atomic E-state index is -0.950. The molecule has 1 aromatic heterocycles. The molecule has 1 unspecified atom stereocenters. The van der Waals surface area contributed by atoms with Crippen LogP contribution in [0.1, 0.15) is 17.0 Å². The van der Waals surface area contributed by atoms with Crippen LogP contribution in [0.25, 0.3) is 0 Å². The van der Waals surface area contributed by atoms with Crippen LogP contribution in [0.5, 0.6) is 0 Å². The minimum Gasteiger partial charge on any atom is -0.481 e. The number of anilines is 1. The Balaban J connectivity index is 1.55. The van der Waals surface area contributed by atoms with Crippen molar-refractivity contribution in [3.63, 3.8) is 0 Å². The summed E-state index contributed by atoms with van der Waals surface area (Å²) in [4.78, 5) is 24.3. The van der Waals surface area contributed by atoms with Crippen molar-refractivity contribution in [2.45, 2.75) is 17.9 Å². The summed E-state index contributed by atoms with van der Waals surface area (Å²) in [6.45, 7) is 0.167. The minimum absolute atomic E-state index is 0.0234. The molecule has 0 spiro atoms. The van der Waals surface area contributed by atoms with Crippen LogP contribution in [-0.4, -0.2) is 33.7 Å². The van der Waals surface area contributed by atoms with Gasteiger partial charge in [0.1, 0.15) is 5.01 Å². The molecule has 0 saturated carbocycles. The largest absolute Gasteiger partial charge is 0.481 e. The number of nitrogens with zero attached hydrogens (tertiary/aromatic N) is 3. The summed E-state index contributed by atoms with van der Waals surface area (Å²) in [5, 5.41) is 19.2. The molecule has 1 amide bonds. The highest BCUT2D eigenvalue weighted by Gasteiger charge is 2.36. The van der Waals surface area contributed by atoms with Gasteiger partial charge in [0, 0.05) is 29.5 Å². The summed E-state index contributed by atoms with van der Waals surface area (Å²) in [6.07, 6.45) is 0.0234. The maximum Gasteiger partial charge on any atom is 0.308 e. The van der Waals surface area contributed by atoms with Gasteiger partial charge in [-0.3, -0.25) is 14.5 Å². The first-order valence-corrected chi connectivity index (χ1v) is 9.55. The topological polar surface area (TPSA) is 83.4 Å². The molecule has 0 radical (unpaired) electrons. The molecule has 9 heteroatoms. The molecule has 1 aromatic carbocycles. The van der Waals surface area contributed by atoms with Crippen LogP contribution in [0.4, 0.5) is 5.13 Å². The van der Waals surface area contributed by atoms with E-state index in [0.717, 1.165) is 10.8 Å². The third-order valence-electron chi connectivity index (χ3n) is 3.57. The number of aromatic nitrogens is 2. The van der Waals surface area contributed by atoms with Crippen molar-refractivity contribution in [2.75, 3.05) is 11.4 Å². The van der Waals surface area contributed by atoms with Gasteiger partial charge >= 0.3 is 5.97 Å². The molecule has 2 heterocycles. The average molecular weight is 384 g/mol. The monoisotopic (exact) mass is 383 g/mol. The van der Waals surface area contributed by atoms with E-state index in [9.17, 15) is 9.59 Å². The van der Waals surface area contributed by atoms with Gasteiger partial charge < -0.3 is 5.11 Å². The molecule has 3 rings (SSSR count). The van der Waals surface area contributed by atoms with Gasteiger partial charge in [-0.15, -0.1) is 22.0 Å². The summed E-state index contributed by atoms with van der Waals surface area (Å²) in [7, 11) is 0. The number of hydrogen-bond acceptors (Lipinski definition) is 6. The highest BCUT2D eigenvalue weighted by Crippen LogP contribution is 2.30. The van der Waals surface area contributed by atoms with Crippen LogP contribution in [-0.2, 0) is 21.1 Å². The Morgan fingerprint density at radius 1 is 1.33 bits per heavy atom. The molecular formula is C15H14ClN3O3S2. The van der Waals surface area contributed by atoms with Crippen LogP contribution in [0, 0.1) is 5.92 Å². The molecule has 0 bridgehead atoms. The molecule has 6 nitrogen and oxygen atoms in total. The van der Waals surface area contributed by atoms with Gasteiger partial charge in [0.05, 0.1) is 5.92 Å². The van der Waals surface area contributed by atoms with Gasteiger partial charge in [-0.05, 0) is 17.7 Å². The van der Waals surface area contributed by atoms with E-state index in [1.165, 1.54) is 21.8 Å². The average Bonchev–Trinajstić information content (AvgIpc) is 3.16. The quantitative estimate of drug-likeness (QED) is 0.825. The number of carbonyl (C=O) groups excluding carboxylic acids is 1. The second-order valence-electron chi connectivity index (χ2n) is 5.34. The summed E-state index contributed by atoms with van der Waals surface area (Å²) in [6, 6.07) is 7.68. The number of amides is 1. The fraction of sp³-hybridized carbons (Fsp3) is 0.333. The lowest BCUT2D eigenvalue weighted by Gasteiger charge is -2.10. The fourth-order valence-electron chi connectivity index (χ4n) is 2.31. The molecule has 1 saturated heterocycles. The Morgan fingerprint density at radius 3 is 2.75 bits per heavy atom. The lowest BCUT2D eigenvalue weighted by molar-refractivity contribution is -0.141. The smallest absolute Gasteiger partial charge is 0.308 e. The Morgan fingerprint density at radius 2 is 2.08 bits per heavy atom. The maximum absolute atomic E-state index is 11.9. The zero-order chi connectivity index (χ0) is 17.1. The van der Waals surface area contributed by atoms with E-state index >= 15 is 0 Å². The number of rotatable bonds is 6. The van der Waals surface area contributed by atoms with E-state index in [1.807, 2.05) is 24.3 Å². The van der Waals surface area contributed by atoms with E-state index in [-0.39, 0.29) is 18.9 Å². The molecule has 2 aromatic rings. The normalized spacial score (nSPS) is 17.5. The molecule has 0 aliphatic carbocycles. The fourth-order valence-corrected chi connectivity index (χ4v) is 4.34. The zero-order valence-corrected chi connectivity index (χ0v) is 14.9. The number of thioether (sulfide) groups is 1. The number of hydrogen-bond donors (Lipinski definition) is 1. The van der Waals surface area contributed by atoms with E-state index in [1.54, 1.807) is 11.8 Å². The summed E-state index contributed by atoms with van der Waals surface area (Å²) < 4.78 is 0. The van der Waals surface area contributed by atoms with E-state index < -0.39 is 11.9 Å². The molecular weight excluding hydrogens is 370 g/mol. The summed E-state index contributed by atoms with van der Waals surface area (Å²) in [5.41, 5.74) is 1.17. The van der Waals surface area contributed by atoms with Gasteiger partial charge in [-0.25, -0.2) is 0 Å². The van der Waals surface area contributed by atoms with Crippen molar-refractivity contribution >= 4 is 51.7 Å². The first-order chi connectivity index (χ1) is 11.5. The molecule has 126 valence electrons. The number of carboxylic acid groups (broad SMARTS) is 1. The molecule has 1 aliphatic heterocycles. The van der Waals surface area contributed by atoms with E-state index in [0.29, 0.717) is 15.9 Å². The first kappa shape index (κ1) is 17.2. The Kier molecular flexibility index (Phi) is 5.37. The van der Waals surface area contributed by atoms with Crippen molar-refractivity contribution in [3.05, 3.63) is 39.9 Å². The highest BCUT2D eigenvalue weighted by atomic mass is 35.5. The summed E-state index contributed by atoms with van der Waals surface area (Å²) in [5.74, 6) is -0.308. The van der Waals surface area contributed by atoms with E-state index in [2.05, 4.69) is 10.2 Å². The van der Waals surface area contributed by atoms with E-state index in [4.69, 9.17) is 16.7 Å². The molecule has 1 fully saturated rings. The molecule has 24 heavy (non-hydrogen) atoms. The standard InChI is InChI=1S/C15H14ClN3O3S2/c16-11-3-1-9(2-4-11)7-23-8-12-17-18-15(24-12)19-6-10(14(21)22)5-13(19)20/h1-4,10H,5-8H2,(H,21,22). The Bertz CT molecular complexity index is 751. The molecule has 1 atom stereocenters. The van der Waals surface area contributed by atoms with Crippen molar-refractivity contribution in [3.8, 4) is 0 Å². The van der Waals surface area contributed by atoms with Crippen LogP contribution in [0.2, 0.25) is 5.02 Å². The van der Waals surface area contributed by atoms with Gasteiger partial charge in [-0.2, -0.15) is 0 Å². The van der Waals surface area contributed by atoms with Crippen molar-refractivity contribution < 1.29 is 14.7 Å². The number of carbonyl (C=O) groups is 2. The van der Waals surface area contributed by atoms with Crippen LogP contribution in [0.15, 0.2) is 24.3 Å². The Hall–Kier alpha value is -1.64. The van der Waals surface area contributed by atoms with Crippen molar-refractivity contribution in [1.29, 1.82) is 0 Å². The maximum atomic E-state index is 11.9. The Labute approximate surface area is 151 Å². The number of halogens is 1. The highest BCUT2D eigenvalue weighted by molar-refractivity contribution is 7.97. The van der Waals surface area contributed by atoms with Gasteiger partial charge in [0.15, 0.2) is 0 Å². The second-order valence-corrected chi connectivity index (χ2v) is 7.80. The second kappa shape index (κ2) is 7.50. The SMILES string of the molecule is O=C(O)C1CC(=O)N(c2nnc(CSCc3ccc(Cl)cc3)s2)C1. The zero-order valence-electron chi connectivity index (χ0n) is 12.5. The first-order valence-electron chi connectivity index (χ1n) is 7.20. The van der Waals surface area contributed by atoms with Gasteiger partial charge in [-0.1, -0.05) is 35.1 Å². The van der Waals surface area contributed by atoms with Gasteiger partial charge in [0.25, 0.3) is 0 Å². The van der Waals surface area contributed by atoms with Crippen LogP contribution >= 0.6 is 34.7 Å². The lowest BCUT2D eigenvalue weighted by Crippen LogP contribution is -2.25. The van der Waals surface area contributed by atoms with Crippen LogP contribution < -0.4 is 4.90 Å². The van der Waals surface area contributed by atoms with Crippen molar-refractivity contribution in [2.24, 2.45) is 5.92 Å². The number of carboxylic acids is 1. The third-order valence-corrected chi connectivity index (χ3v) is 5.96. The summed E-state index contributed by atoms with van der Waals surface area (Å²) >= 11 is 8.88. The van der Waals surface area contributed by atoms with Crippen LogP contribution in [0.3, 0.4) is 0 Å². The third kappa shape index (κ3) is 4.06. The molecule has 1 N–H and O–H groups in total.